The van der Waals surface area contributed by atoms with Crippen molar-refractivity contribution < 1.29 is 22.7 Å². The molecule has 1 fully saturated rings. The van der Waals surface area contributed by atoms with E-state index in [0.29, 0.717) is 17.9 Å². The first-order valence-corrected chi connectivity index (χ1v) is 16.3. The fraction of sp³-hybridized carbons (Fsp3) is 0.355. The van der Waals surface area contributed by atoms with Gasteiger partial charge in [-0.05, 0) is 60.4 Å². The first-order valence-electron chi connectivity index (χ1n) is 13.6. The third-order valence-electron chi connectivity index (χ3n) is 7.28. The lowest BCUT2D eigenvalue weighted by Crippen LogP contribution is -2.54. The number of hydrogen-bond donors (Lipinski definition) is 1. The monoisotopic (exact) mass is 641 g/mol. The van der Waals surface area contributed by atoms with Gasteiger partial charge < -0.3 is 15.0 Å². The highest BCUT2D eigenvalue weighted by Gasteiger charge is 2.34. The second kappa shape index (κ2) is 14.0. The summed E-state index contributed by atoms with van der Waals surface area (Å²) in [4.78, 5) is 29.5. The summed E-state index contributed by atoms with van der Waals surface area (Å²) < 4.78 is 33.0. The van der Waals surface area contributed by atoms with E-state index in [2.05, 4.69) is 21.2 Å². The van der Waals surface area contributed by atoms with Crippen molar-refractivity contribution in [3.63, 3.8) is 0 Å². The Kier molecular flexibility index (Phi) is 10.4. The molecule has 3 aromatic carbocycles. The van der Waals surface area contributed by atoms with Crippen LogP contribution in [0.5, 0.6) is 5.75 Å². The molecule has 41 heavy (non-hydrogen) atoms. The topological polar surface area (TPSA) is 96.0 Å². The van der Waals surface area contributed by atoms with Crippen LogP contribution in [0.3, 0.4) is 0 Å². The first-order chi connectivity index (χ1) is 19.6. The Morgan fingerprint density at radius 3 is 2.17 bits per heavy atom. The van der Waals surface area contributed by atoms with Gasteiger partial charge in [0.15, 0.2) is 0 Å². The van der Waals surface area contributed by atoms with Crippen LogP contribution < -0.4 is 14.4 Å². The van der Waals surface area contributed by atoms with Crippen molar-refractivity contribution in [2.24, 2.45) is 0 Å². The Morgan fingerprint density at radius 2 is 1.59 bits per heavy atom. The SMILES string of the molecule is COc1ccc(N(CC(=O)N(Cc2ccc(Br)cc2)[C@@H](Cc2ccccc2)C(=O)NC2CCCC2)S(C)(=O)=O)cc1. The van der Waals surface area contributed by atoms with Crippen molar-refractivity contribution in [3.05, 3.63) is 94.5 Å². The van der Waals surface area contributed by atoms with Crippen molar-refractivity contribution in [1.82, 2.24) is 10.2 Å². The molecule has 0 aromatic heterocycles. The summed E-state index contributed by atoms with van der Waals surface area (Å²) in [6.45, 7) is -0.314. The highest BCUT2D eigenvalue weighted by Crippen LogP contribution is 2.24. The molecule has 1 N–H and O–H groups in total. The molecule has 0 aliphatic heterocycles. The zero-order valence-corrected chi connectivity index (χ0v) is 25.7. The van der Waals surface area contributed by atoms with E-state index < -0.39 is 28.5 Å². The standard InChI is InChI=1S/C31H36BrN3O5S/c1-40-28-18-16-27(17-19-28)35(41(2,38)39)22-30(36)34(21-24-12-14-25(32)15-13-24)29(20-23-8-4-3-5-9-23)31(37)33-26-10-6-7-11-26/h3-5,8-9,12-19,26,29H,6-7,10-11,20-22H2,1-2H3,(H,33,37)/t29-/m0/s1. The number of nitrogens with zero attached hydrogens (tertiary/aromatic N) is 2. The maximum Gasteiger partial charge on any atom is 0.244 e. The van der Waals surface area contributed by atoms with Gasteiger partial charge in [-0.2, -0.15) is 0 Å². The summed E-state index contributed by atoms with van der Waals surface area (Å²) in [5.41, 5.74) is 2.06. The maximum absolute atomic E-state index is 14.1. The smallest absolute Gasteiger partial charge is 0.244 e. The highest BCUT2D eigenvalue weighted by atomic mass is 79.9. The van der Waals surface area contributed by atoms with Gasteiger partial charge in [0.2, 0.25) is 21.8 Å². The molecule has 1 aliphatic rings. The van der Waals surface area contributed by atoms with Crippen LogP contribution in [0.15, 0.2) is 83.3 Å². The highest BCUT2D eigenvalue weighted by molar-refractivity contribution is 9.10. The van der Waals surface area contributed by atoms with Gasteiger partial charge in [0, 0.05) is 23.5 Å². The third-order valence-corrected chi connectivity index (χ3v) is 8.95. The minimum atomic E-state index is -3.83. The van der Waals surface area contributed by atoms with Gasteiger partial charge in [-0.25, -0.2) is 8.42 Å². The normalized spacial score (nSPS) is 14.3. The summed E-state index contributed by atoms with van der Waals surface area (Å²) in [5, 5.41) is 3.17. The molecule has 0 bridgehead atoms. The van der Waals surface area contributed by atoms with Crippen LogP contribution in [0.1, 0.15) is 36.8 Å². The number of halogens is 1. The van der Waals surface area contributed by atoms with Gasteiger partial charge in [0.1, 0.15) is 18.3 Å². The summed E-state index contributed by atoms with van der Waals surface area (Å²) >= 11 is 3.45. The predicted molar refractivity (Wildman–Crippen MR) is 164 cm³/mol. The van der Waals surface area contributed by atoms with Crippen LogP contribution >= 0.6 is 15.9 Å². The van der Waals surface area contributed by atoms with Crippen LogP contribution in [0.4, 0.5) is 5.69 Å². The Bertz CT molecular complexity index is 1410. The molecule has 8 nitrogen and oxygen atoms in total. The lowest BCUT2D eigenvalue weighted by Gasteiger charge is -2.34. The number of nitrogens with one attached hydrogen (secondary N) is 1. The van der Waals surface area contributed by atoms with E-state index in [9.17, 15) is 18.0 Å². The van der Waals surface area contributed by atoms with E-state index in [0.717, 1.165) is 51.8 Å². The number of amides is 2. The molecule has 3 aromatic rings. The second-order valence-electron chi connectivity index (χ2n) is 10.3. The number of anilines is 1. The molecular weight excluding hydrogens is 606 g/mol. The van der Waals surface area contributed by atoms with E-state index in [4.69, 9.17) is 4.74 Å². The zero-order valence-electron chi connectivity index (χ0n) is 23.3. The first kappa shape index (κ1) is 30.6. The molecule has 1 aliphatic carbocycles. The average Bonchev–Trinajstić information content (AvgIpc) is 3.47. The molecule has 0 saturated heterocycles. The molecule has 0 unspecified atom stereocenters. The maximum atomic E-state index is 14.1. The predicted octanol–water partition coefficient (Wildman–Crippen LogP) is 4.92. The lowest BCUT2D eigenvalue weighted by molar-refractivity contribution is -0.140. The van der Waals surface area contributed by atoms with E-state index >= 15 is 0 Å². The van der Waals surface area contributed by atoms with Crippen LogP contribution in [0.2, 0.25) is 0 Å². The number of ether oxygens (including phenoxy) is 1. The van der Waals surface area contributed by atoms with E-state index in [1.165, 1.54) is 12.0 Å². The summed E-state index contributed by atoms with van der Waals surface area (Å²) in [6.07, 6.45) is 5.29. The molecule has 10 heteroatoms. The van der Waals surface area contributed by atoms with Gasteiger partial charge in [0.25, 0.3) is 0 Å². The van der Waals surface area contributed by atoms with Crippen molar-refractivity contribution in [1.29, 1.82) is 0 Å². The fourth-order valence-electron chi connectivity index (χ4n) is 5.07. The quantitative estimate of drug-likeness (QED) is 0.303. The van der Waals surface area contributed by atoms with Crippen molar-refractivity contribution in [2.75, 3.05) is 24.2 Å². The fourth-order valence-corrected chi connectivity index (χ4v) is 6.18. The molecule has 4 rings (SSSR count). The minimum Gasteiger partial charge on any atom is -0.497 e. The van der Waals surface area contributed by atoms with E-state index in [1.807, 2.05) is 54.6 Å². The Hall–Kier alpha value is -3.37. The third kappa shape index (κ3) is 8.56. The Labute approximate surface area is 250 Å². The molecule has 0 spiro atoms. The molecule has 218 valence electrons. The molecule has 0 radical (unpaired) electrons. The van der Waals surface area contributed by atoms with Crippen LogP contribution in [0, 0.1) is 0 Å². The number of sulfonamides is 1. The number of methoxy groups -OCH3 is 1. The summed E-state index contributed by atoms with van der Waals surface area (Å²) in [7, 11) is -2.31. The number of carbonyl (C=O) groups is 2. The zero-order chi connectivity index (χ0) is 29.4. The number of carbonyl (C=O) groups excluding carboxylic acids is 2. The van der Waals surface area contributed by atoms with Gasteiger partial charge in [-0.3, -0.25) is 13.9 Å². The van der Waals surface area contributed by atoms with Gasteiger partial charge in [0.05, 0.1) is 19.1 Å². The van der Waals surface area contributed by atoms with Gasteiger partial charge >= 0.3 is 0 Å². The van der Waals surface area contributed by atoms with Crippen molar-refractivity contribution >= 4 is 43.5 Å². The van der Waals surface area contributed by atoms with Crippen LogP contribution in [0.25, 0.3) is 0 Å². The van der Waals surface area contributed by atoms with Crippen molar-refractivity contribution in [2.45, 2.75) is 50.7 Å². The van der Waals surface area contributed by atoms with Gasteiger partial charge in [-0.1, -0.05) is 71.2 Å². The Morgan fingerprint density at radius 1 is 0.951 bits per heavy atom. The average molecular weight is 643 g/mol. The molecular formula is C31H36BrN3O5S. The van der Waals surface area contributed by atoms with E-state index in [1.54, 1.807) is 24.3 Å². The summed E-state index contributed by atoms with van der Waals surface area (Å²) in [5.74, 6) is -0.143. The largest absolute Gasteiger partial charge is 0.497 e. The second-order valence-corrected chi connectivity index (χ2v) is 13.1. The van der Waals surface area contributed by atoms with Crippen LogP contribution in [-0.2, 0) is 32.6 Å². The molecule has 1 atom stereocenters. The van der Waals surface area contributed by atoms with Gasteiger partial charge in [-0.15, -0.1) is 0 Å². The number of hydrogen-bond acceptors (Lipinski definition) is 5. The molecule has 2 amide bonds. The van der Waals surface area contributed by atoms with E-state index in [-0.39, 0.29) is 18.5 Å². The Balaban J connectivity index is 1.71. The summed E-state index contributed by atoms with van der Waals surface area (Å²) in [6, 6.07) is 22.8. The van der Waals surface area contributed by atoms with Crippen molar-refractivity contribution in [3.8, 4) is 5.75 Å². The minimum absolute atomic E-state index is 0.0669. The molecule has 1 saturated carbocycles. The number of benzene rings is 3. The molecule has 0 heterocycles. The van der Waals surface area contributed by atoms with Crippen LogP contribution in [-0.4, -0.2) is 57.1 Å². The number of rotatable bonds is 12. The lowest BCUT2D eigenvalue weighted by atomic mass is 10.0.